The smallest absolute Gasteiger partial charge is 0.0451 e. The SMILES string of the molecule is CN(N)Cc1ccccc1Cl. The maximum Gasteiger partial charge on any atom is 0.0451 e. The molecule has 60 valence electrons. The molecule has 0 radical (unpaired) electrons. The zero-order valence-electron chi connectivity index (χ0n) is 6.42. The normalized spacial score (nSPS) is 10.5. The number of rotatable bonds is 2. The number of hydrogen-bond acceptors (Lipinski definition) is 2. The summed E-state index contributed by atoms with van der Waals surface area (Å²) in [7, 11) is 1.81. The van der Waals surface area contributed by atoms with Crippen molar-refractivity contribution in [2.45, 2.75) is 6.54 Å². The Labute approximate surface area is 71.5 Å². The number of halogens is 1. The highest BCUT2D eigenvalue weighted by Gasteiger charge is 1.98. The molecule has 11 heavy (non-hydrogen) atoms. The van der Waals surface area contributed by atoms with Gasteiger partial charge in [0.2, 0.25) is 0 Å². The van der Waals surface area contributed by atoms with E-state index in [0.29, 0.717) is 6.54 Å². The van der Waals surface area contributed by atoms with Crippen LogP contribution in [-0.4, -0.2) is 12.1 Å². The van der Waals surface area contributed by atoms with Gasteiger partial charge in [-0.3, -0.25) is 5.84 Å². The van der Waals surface area contributed by atoms with Crippen molar-refractivity contribution in [3.05, 3.63) is 34.9 Å². The molecule has 0 spiro atoms. The molecular formula is C8H11ClN2. The number of nitrogens with zero attached hydrogens (tertiary/aromatic N) is 1. The first-order valence-electron chi connectivity index (χ1n) is 3.39. The van der Waals surface area contributed by atoms with Gasteiger partial charge >= 0.3 is 0 Å². The van der Waals surface area contributed by atoms with Crippen LogP contribution in [0.15, 0.2) is 24.3 Å². The van der Waals surface area contributed by atoms with E-state index in [9.17, 15) is 0 Å². The summed E-state index contributed by atoms with van der Waals surface area (Å²) in [5, 5.41) is 2.37. The molecule has 0 saturated carbocycles. The average molecular weight is 171 g/mol. The zero-order valence-corrected chi connectivity index (χ0v) is 7.17. The van der Waals surface area contributed by atoms with Gasteiger partial charge in [0.1, 0.15) is 0 Å². The van der Waals surface area contributed by atoms with Gasteiger partial charge in [-0.2, -0.15) is 0 Å². The van der Waals surface area contributed by atoms with Crippen molar-refractivity contribution in [3.63, 3.8) is 0 Å². The summed E-state index contributed by atoms with van der Waals surface area (Å²) < 4.78 is 0. The fraction of sp³-hybridized carbons (Fsp3) is 0.250. The maximum atomic E-state index is 5.89. The second kappa shape index (κ2) is 3.72. The van der Waals surface area contributed by atoms with Crippen molar-refractivity contribution >= 4 is 11.6 Å². The molecule has 2 nitrogen and oxygen atoms in total. The fourth-order valence-corrected chi connectivity index (χ4v) is 1.09. The van der Waals surface area contributed by atoms with Crippen LogP contribution in [0.1, 0.15) is 5.56 Å². The first kappa shape index (κ1) is 8.53. The lowest BCUT2D eigenvalue weighted by Gasteiger charge is -2.09. The minimum Gasteiger partial charge on any atom is -0.269 e. The van der Waals surface area contributed by atoms with Gasteiger partial charge in [0.25, 0.3) is 0 Å². The standard InChI is InChI=1S/C8H11ClN2/c1-11(10)6-7-4-2-3-5-8(7)9/h2-5H,6,10H2,1H3. The van der Waals surface area contributed by atoms with Crippen LogP contribution in [-0.2, 0) is 6.54 Å². The van der Waals surface area contributed by atoms with Gasteiger partial charge < -0.3 is 0 Å². The Balaban J connectivity index is 2.78. The molecule has 0 bridgehead atoms. The van der Waals surface area contributed by atoms with Crippen LogP contribution in [0.3, 0.4) is 0 Å². The number of hydrazine groups is 1. The Morgan fingerprint density at radius 1 is 1.45 bits per heavy atom. The summed E-state index contributed by atoms with van der Waals surface area (Å²) in [5.41, 5.74) is 1.05. The van der Waals surface area contributed by atoms with E-state index in [1.807, 2.05) is 31.3 Å². The Kier molecular flexibility index (Phi) is 2.88. The third-order valence-corrected chi connectivity index (χ3v) is 1.75. The Hall–Kier alpha value is -0.570. The predicted molar refractivity (Wildman–Crippen MR) is 47.1 cm³/mol. The second-order valence-corrected chi connectivity index (χ2v) is 2.91. The Morgan fingerprint density at radius 3 is 2.64 bits per heavy atom. The summed E-state index contributed by atoms with van der Waals surface area (Å²) in [4.78, 5) is 0. The van der Waals surface area contributed by atoms with Crippen LogP contribution < -0.4 is 5.84 Å². The van der Waals surface area contributed by atoms with E-state index in [0.717, 1.165) is 10.6 Å². The summed E-state index contributed by atoms with van der Waals surface area (Å²) in [6.45, 7) is 0.680. The van der Waals surface area contributed by atoms with Gasteiger partial charge in [0.05, 0.1) is 0 Å². The maximum absolute atomic E-state index is 5.89. The molecule has 0 heterocycles. The monoisotopic (exact) mass is 170 g/mol. The summed E-state index contributed by atoms with van der Waals surface area (Å²) in [5.74, 6) is 5.47. The highest BCUT2D eigenvalue weighted by atomic mass is 35.5. The van der Waals surface area contributed by atoms with Gasteiger partial charge in [0, 0.05) is 18.6 Å². The van der Waals surface area contributed by atoms with Crippen molar-refractivity contribution in [2.75, 3.05) is 7.05 Å². The summed E-state index contributed by atoms with van der Waals surface area (Å²) >= 11 is 5.89. The zero-order chi connectivity index (χ0) is 8.27. The van der Waals surface area contributed by atoms with E-state index in [1.165, 1.54) is 0 Å². The van der Waals surface area contributed by atoms with Crippen molar-refractivity contribution in [1.29, 1.82) is 0 Å². The van der Waals surface area contributed by atoms with Crippen LogP contribution in [0.5, 0.6) is 0 Å². The van der Waals surface area contributed by atoms with Crippen LogP contribution in [0, 0.1) is 0 Å². The first-order valence-corrected chi connectivity index (χ1v) is 3.77. The molecule has 0 atom stereocenters. The molecule has 0 aliphatic carbocycles. The molecule has 1 aromatic carbocycles. The lowest BCUT2D eigenvalue weighted by atomic mass is 10.2. The third kappa shape index (κ3) is 2.50. The highest BCUT2D eigenvalue weighted by molar-refractivity contribution is 6.31. The molecule has 1 rings (SSSR count). The molecular weight excluding hydrogens is 160 g/mol. The predicted octanol–water partition coefficient (Wildman–Crippen LogP) is 1.65. The van der Waals surface area contributed by atoms with Gasteiger partial charge in [-0.25, -0.2) is 5.01 Å². The van der Waals surface area contributed by atoms with Gasteiger partial charge in [-0.15, -0.1) is 0 Å². The van der Waals surface area contributed by atoms with Crippen LogP contribution in [0.2, 0.25) is 5.02 Å². The first-order chi connectivity index (χ1) is 5.20. The van der Waals surface area contributed by atoms with E-state index < -0.39 is 0 Å². The number of hydrogen-bond donors (Lipinski definition) is 1. The lowest BCUT2D eigenvalue weighted by molar-refractivity contribution is 0.342. The van der Waals surface area contributed by atoms with E-state index in [-0.39, 0.29) is 0 Å². The van der Waals surface area contributed by atoms with Crippen LogP contribution >= 0.6 is 11.6 Å². The molecule has 0 aliphatic rings. The summed E-state index contributed by atoms with van der Waals surface area (Å²) in [6.07, 6.45) is 0. The van der Waals surface area contributed by atoms with Crippen LogP contribution in [0.25, 0.3) is 0 Å². The minimum absolute atomic E-state index is 0.680. The van der Waals surface area contributed by atoms with E-state index in [1.54, 1.807) is 5.01 Å². The lowest BCUT2D eigenvalue weighted by Crippen LogP contribution is -2.25. The van der Waals surface area contributed by atoms with E-state index in [2.05, 4.69) is 0 Å². The van der Waals surface area contributed by atoms with E-state index >= 15 is 0 Å². The largest absolute Gasteiger partial charge is 0.269 e. The van der Waals surface area contributed by atoms with Gasteiger partial charge in [-0.1, -0.05) is 29.8 Å². The molecule has 3 heteroatoms. The molecule has 0 aromatic heterocycles. The molecule has 0 saturated heterocycles. The van der Waals surface area contributed by atoms with Crippen molar-refractivity contribution in [1.82, 2.24) is 5.01 Å². The van der Waals surface area contributed by atoms with Crippen LogP contribution in [0.4, 0.5) is 0 Å². The van der Waals surface area contributed by atoms with Crippen molar-refractivity contribution in [3.8, 4) is 0 Å². The van der Waals surface area contributed by atoms with Crippen molar-refractivity contribution < 1.29 is 0 Å². The van der Waals surface area contributed by atoms with E-state index in [4.69, 9.17) is 17.4 Å². The van der Waals surface area contributed by atoms with Crippen molar-refractivity contribution in [2.24, 2.45) is 5.84 Å². The summed E-state index contributed by atoms with van der Waals surface area (Å²) in [6, 6.07) is 7.68. The molecule has 0 aliphatic heterocycles. The number of nitrogens with two attached hydrogens (primary N) is 1. The molecule has 0 fully saturated rings. The average Bonchev–Trinajstić information content (AvgIpc) is 1.93. The number of benzene rings is 1. The second-order valence-electron chi connectivity index (χ2n) is 2.51. The minimum atomic E-state index is 0.680. The Bertz CT molecular complexity index is 235. The Morgan fingerprint density at radius 2 is 2.09 bits per heavy atom. The molecule has 0 amide bonds. The quantitative estimate of drug-likeness (QED) is 0.540. The fourth-order valence-electron chi connectivity index (χ4n) is 0.895. The molecule has 1 aromatic rings. The molecule has 0 unspecified atom stereocenters. The third-order valence-electron chi connectivity index (χ3n) is 1.38. The van der Waals surface area contributed by atoms with Gasteiger partial charge in [-0.05, 0) is 11.6 Å². The molecule has 2 N–H and O–H groups in total. The van der Waals surface area contributed by atoms with Gasteiger partial charge in [0.15, 0.2) is 0 Å². The highest BCUT2D eigenvalue weighted by Crippen LogP contribution is 2.15. The topological polar surface area (TPSA) is 29.3 Å².